The molecule has 0 amide bonds. The maximum atomic E-state index is 13.4. The van der Waals surface area contributed by atoms with Gasteiger partial charge in [-0.05, 0) is 13.0 Å². The summed E-state index contributed by atoms with van der Waals surface area (Å²) in [4.78, 5) is 17.0. The maximum absolute atomic E-state index is 13.4. The zero-order valence-corrected chi connectivity index (χ0v) is 8.39. The second-order valence-corrected chi connectivity index (χ2v) is 3.44. The number of nitrogens with one attached hydrogen (secondary N) is 1. The summed E-state index contributed by atoms with van der Waals surface area (Å²) in [5.74, 6) is -1.86. The van der Waals surface area contributed by atoms with Crippen LogP contribution in [0, 0.1) is 12.7 Å². The van der Waals surface area contributed by atoms with Crippen LogP contribution in [0.4, 0.5) is 4.39 Å². The van der Waals surface area contributed by atoms with Crippen molar-refractivity contribution in [3.05, 3.63) is 28.4 Å². The minimum absolute atomic E-state index is 0.0870. The fourth-order valence-corrected chi connectivity index (χ4v) is 1.62. The van der Waals surface area contributed by atoms with Gasteiger partial charge in [0, 0.05) is 5.39 Å². The number of aryl methyl sites for hydroxylation is 1. The number of hydrogen-bond acceptors (Lipinski definition) is 2. The number of aromatic amines is 1. The lowest BCUT2D eigenvalue weighted by molar-refractivity contribution is 0.0691. The van der Waals surface area contributed by atoms with Crippen LogP contribution in [-0.4, -0.2) is 21.0 Å². The summed E-state index contributed by atoms with van der Waals surface area (Å²) in [5.41, 5.74) is 0.731. The van der Waals surface area contributed by atoms with Crippen LogP contribution in [-0.2, 0) is 0 Å². The number of aromatic nitrogens is 2. The first-order chi connectivity index (χ1) is 7.00. The standard InChI is InChI=1S/C9H6ClFN2O2/c1-3-7-4(6(11)8(10)12-3)2-5(13-7)9(14)15/h2,13H,1H3,(H,14,15). The molecule has 2 rings (SSSR count). The third-order valence-electron chi connectivity index (χ3n) is 2.09. The van der Waals surface area contributed by atoms with E-state index in [0.29, 0.717) is 11.2 Å². The van der Waals surface area contributed by atoms with E-state index in [0.717, 1.165) is 0 Å². The Labute approximate surface area is 88.7 Å². The van der Waals surface area contributed by atoms with Crippen LogP contribution in [0.15, 0.2) is 6.07 Å². The van der Waals surface area contributed by atoms with Crippen LogP contribution in [0.2, 0.25) is 5.15 Å². The Kier molecular flexibility index (Phi) is 2.12. The lowest BCUT2D eigenvalue weighted by Crippen LogP contribution is -1.95. The molecule has 0 aliphatic carbocycles. The van der Waals surface area contributed by atoms with Gasteiger partial charge in [-0.3, -0.25) is 0 Å². The molecule has 0 aliphatic rings. The molecule has 0 saturated heterocycles. The molecule has 78 valence electrons. The first-order valence-electron chi connectivity index (χ1n) is 4.08. The quantitative estimate of drug-likeness (QED) is 0.737. The molecule has 0 bridgehead atoms. The molecule has 2 aromatic heterocycles. The molecule has 2 heterocycles. The zero-order chi connectivity index (χ0) is 11.2. The average molecular weight is 229 g/mol. The number of carboxylic acids is 1. The number of H-pyrrole nitrogens is 1. The molecule has 4 nitrogen and oxygen atoms in total. The summed E-state index contributed by atoms with van der Waals surface area (Å²) in [6.45, 7) is 1.62. The Balaban J connectivity index is 2.85. The number of halogens is 2. The molecule has 0 aromatic carbocycles. The molecule has 0 fully saturated rings. The third kappa shape index (κ3) is 1.45. The largest absolute Gasteiger partial charge is 0.477 e. The van der Waals surface area contributed by atoms with E-state index in [-0.39, 0.29) is 16.2 Å². The summed E-state index contributed by atoms with van der Waals surface area (Å²) < 4.78 is 13.4. The first kappa shape index (κ1) is 9.92. The minimum Gasteiger partial charge on any atom is -0.477 e. The molecule has 0 atom stereocenters. The second kappa shape index (κ2) is 3.20. The van der Waals surface area contributed by atoms with Gasteiger partial charge in [-0.25, -0.2) is 14.2 Å². The normalized spacial score (nSPS) is 10.9. The molecule has 2 aromatic rings. The van der Waals surface area contributed by atoms with Gasteiger partial charge in [0.1, 0.15) is 5.69 Å². The highest BCUT2D eigenvalue weighted by Crippen LogP contribution is 2.25. The van der Waals surface area contributed by atoms with Gasteiger partial charge in [0.25, 0.3) is 0 Å². The number of pyridine rings is 1. The second-order valence-electron chi connectivity index (χ2n) is 3.08. The van der Waals surface area contributed by atoms with Gasteiger partial charge in [-0.2, -0.15) is 0 Å². The number of carbonyl (C=O) groups is 1. The smallest absolute Gasteiger partial charge is 0.352 e. The van der Waals surface area contributed by atoms with Gasteiger partial charge in [-0.1, -0.05) is 11.6 Å². The number of aromatic carboxylic acids is 1. The van der Waals surface area contributed by atoms with E-state index in [1.165, 1.54) is 6.07 Å². The van der Waals surface area contributed by atoms with Crippen molar-refractivity contribution in [2.24, 2.45) is 0 Å². The Morgan fingerprint density at radius 1 is 1.67 bits per heavy atom. The predicted molar refractivity (Wildman–Crippen MR) is 52.8 cm³/mol. The summed E-state index contributed by atoms with van der Waals surface area (Å²) in [5, 5.41) is 8.62. The highest BCUT2D eigenvalue weighted by Gasteiger charge is 2.15. The van der Waals surface area contributed by atoms with Crippen LogP contribution >= 0.6 is 11.6 Å². The summed E-state index contributed by atoms with van der Waals surface area (Å²) >= 11 is 5.53. The van der Waals surface area contributed by atoms with Crippen molar-refractivity contribution in [1.82, 2.24) is 9.97 Å². The average Bonchev–Trinajstić information content (AvgIpc) is 2.59. The molecule has 0 radical (unpaired) electrons. The summed E-state index contributed by atoms with van der Waals surface area (Å²) in [7, 11) is 0. The molecule has 0 spiro atoms. The number of rotatable bonds is 1. The highest BCUT2D eigenvalue weighted by molar-refractivity contribution is 6.30. The van der Waals surface area contributed by atoms with Gasteiger partial charge in [-0.15, -0.1) is 0 Å². The van der Waals surface area contributed by atoms with Crippen LogP contribution in [0.25, 0.3) is 10.9 Å². The van der Waals surface area contributed by atoms with Crippen molar-refractivity contribution in [3.63, 3.8) is 0 Å². The van der Waals surface area contributed by atoms with Gasteiger partial charge in [0.15, 0.2) is 11.0 Å². The molecular weight excluding hydrogens is 223 g/mol. The zero-order valence-electron chi connectivity index (χ0n) is 7.64. The van der Waals surface area contributed by atoms with E-state index in [4.69, 9.17) is 16.7 Å². The van der Waals surface area contributed by atoms with E-state index >= 15 is 0 Å². The van der Waals surface area contributed by atoms with Crippen LogP contribution in [0.5, 0.6) is 0 Å². The summed E-state index contributed by atoms with van der Waals surface area (Å²) in [6.07, 6.45) is 0. The molecule has 6 heteroatoms. The SMILES string of the molecule is Cc1nc(Cl)c(F)c2cc(C(=O)O)[nH]c12. The van der Waals surface area contributed by atoms with Crippen LogP contribution < -0.4 is 0 Å². The number of hydrogen-bond donors (Lipinski definition) is 2. The first-order valence-corrected chi connectivity index (χ1v) is 4.46. The third-order valence-corrected chi connectivity index (χ3v) is 2.34. The Morgan fingerprint density at radius 3 is 2.93 bits per heavy atom. The van der Waals surface area contributed by atoms with Gasteiger partial charge >= 0.3 is 5.97 Å². The molecule has 0 saturated carbocycles. The predicted octanol–water partition coefficient (Wildman–Crippen LogP) is 2.36. The van der Waals surface area contributed by atoms with E-state index in [9.17, 15) is 9.18 Å². The number of fused-ring (bicyclic) bond motifs is 1. The van der Waals surface area contributed by atoms with Crippen molar-refractivity contribution < 1.29 is 14.3 Å². The topological polar surface area (TPSA) is 66.0 Å². The monoisotopic (exact) mass is 228 g/mol. The Morgan fingerprint density at radius 2 is 2.33 bits per heavy atom. The number of nitrogens with zero attached hydrogens (tertiary/aromatic N) is 1. The van der Waals surface area contributed by atoms with Crippen LogP contribution in [0.3, 0.4) is 0 Å². The van der Waals surface area contributed by atoms with Gasteiger partial charge < -0.3 is 10.1 Å². The van der Waals surface area contributed by atoms with E-state index < -0.39 is 11.8 Å². The molecule has 0 aliphatic heterocycles. The summed E-state index contributed by atoms with van der Waals surface area (Å²) in [6, 6.07) is 1.20. The van der Waals surface area contributed by atoms with Crippen LogP contribution in [0.1, 0.15) is 16.2 Å². The maximum Gasteiger partial charge on any atom is 0.352 e. The van der Waals surface area contributed by atoms with Crippen molar-refractivity contribution in [2.45, 2.75) is 6.92 Å². The van der Waals surface area contributed by atoms with E-state index in [1.807, 2.05) is 0 Å². The van der Waals surface area contributed by atoms with Gasteiger partial charge in [0.05, 0.1) is 11.2 Å². The lowest BCUT2D eigenvalue weighted by atomic mass is 10.2. The lowest BCUT2D eigenvalue weighted by Gasteiger charge is -1.98. The van der Waals surface area contributed by atoms with Crippen molar-refractivity contribution in [3.8, 4) is 0 Å². The van der Waals surface area contributed by atoms with Crippen molar-refractivity contribution in [1.29, 1.82) is 0 Å². The highest BCUT2D eigenvalue weighted by atomic mass is 35.5. The Bertz CT molecular complexity index is 565. The van der Waals surface area contributed by atoms with Crippen molar-refractivity contribution >= 4 is 28.5 Å². The minimum atomic E-state index is -1.15. The van der Waals surface area contributed by atoms with Gasteiger partial charge in [0.2, 0.25) is 0 Å². The molecule has 2 N–H and O–H groups in total. The van der Waals surface area contributed by atoms with E-state index in [1.54, 1.807) is 6.92 Å². The number of carboxylic acid groups (broad SMARTS) is 1. The van der Waals surface area contributed by atoms with Crippen molar-refractivity contribution in [2.75, 3.05) is 0 Å². The fourth-order valence-electron chi connectivity index (χ4n) is 1.39. The molecular formula is C9H6ClFN2O2. The molecule has 15 heavy (non-hydrogen) atoms. The fraction of sp³-hybridized carbons (Fsp3) is 0.111. The molecule has 0 unspecified atom stereocenters. The van der Waals surface area contributed by atoms with E-state index in [2.05, 4.69) is 9.97 Å². The Hall–Kier alpha value is -1.62.